The van der Waals surface area contributed by atoms with Crippen molar-refractivity contribution in [2.24, 2.45) is 0 Å². The third-order valence-corrected chi connectivity index (χ3v) is 5.33. The van der Waals surface area contributed by atoms with E-state index in [4.69, 9.17) is 21.1 Å². The van der Waals surface area contributed by atoms with Gasteiger partial charge in [-0.2, -0.15) is 0 Å². The maximum absolute atomic E-state index is 12.4. The highest BCUT2D eigenvalue weighted by atomic mass is 35.5. The van der Waals surface area contributed by atoms with Crippen molar-refractivity contribution in [3.63, 3.8) is 0 Å². The molecule has 0 saturated carbocycles. The van der Waals surface area contributed by atoms with E-state index in [1.165, 1.54) is 17.4 Å². The van der Waals surface area contributed by atoms with Crippen LogP contribution in [-0.2, 0) is 0 Å². The third kappa shape index (κ3) is 5.40. The van der Waals surface area contributed by atoms with E-state index in [1.54, 1.807) is 30.3 Å². The molecule has 156 valence electrons. The zero-order valence-electron chi connectivity index (χ0n) is 16.7. The first kappa shape index (κ1) is 21.9. The minimum atomic E-state index is -0.265. The normalized spacial score (nSPS) is 12.2. The Labute approximate surface area is 183 Å². The zero-order valence-corrected chi connectivity index (χ0v) is 18.3. The number of carbonyl (C=O) groups is 1. The van der Waals surface area contributed by atoms with Crippen LogP contribution >= 0.6 is 22.9 Å². The Kier molecular flexibility index (Phi) is 7.49. The number of rotatable bonds is 8. The minimum absolute atomic E-state index is 0.207. The van der Waals surface area contributed by atoms with Crippen LogP contribution in [0.25, 0.3) is 12.2 Å². The summed E-state index contributed by atoms with van der Waals surface area (Å²) in [7, 11) is 0. The Balaban J connectivity index is 2.00. The fraction of sp³-hybridized carbons (Fsp3) is 0.217. The summed E-state index contributed by atoms with van der Waals surface area (Å²) >= 11 is 7.07. The highest BCUT2D eigenvalue weighted by Gasteiger charge is 2.10. The van der Waals surface area contributed by atoms with Gasteiger partial charge in [-0.25, -0.2) is 0 Å². The molecule has 0 aliphatic carbocycles. The first-order valence-electron chi connectivity index (χ1n) is 9.63. The molecular formula is C23H22ClNO4S. The highest BCUT2D eigenvalue weighted by molar-refractivity contribution is 7.07. The molecule has 3 rings (SSSR count). The van der Waals surface area contributed by atoms with Crippen LogP contribution in [0.2, 0.25) is 5.02 Å². The average Bonchev–Trinajstić information content (AvgIpc) is 3.07. The molecule has 0 aliphatic rings. The molecule has 0 fully saturated rings. The summed E-state index contributed by atoms with van der Waals surface area (Å²) in [6, 6.07) is 12.2. The van der Waals surface area contributed by atoms with Gasteiger partial charge in [-0.1, -0.05) is 30.7 Å². The number of halogens is 1. The van der Waals surface area contributed by atoms with Gasteiger partial charge in [-0.05, 0) is 49.8 Å². The van der Waals surface area contributed by atoms with Crippen LogP contribution in [0.5, 0.6) is 11.5 Å². The van der Waals surface area contributed by atoms with E-state index in [1.807, 2.05) is 32.0 Å². The number of ether oxygens (including phenoxy) is 2. The fourth-order valence-corrected chi connectivity index (χ4v) is 3.76. The number of para-hydroxylation sites is 1. The predicted molar refractivity (Wildman–Crippen MR) is 121 cm³/mol. The van der Waals surface area contributed by atoms with Gasteiger partial charge in [-0.3, -0.25) is 9.59 Å². The lowest BCUT2D eigenvalue weighted by atomic mass is 10.1. The van der Waals surface area contributed by atoms with Gasteiger partial charge in [0.1, 0.15) is 0 Å². The molecule has 0 spiro atoms. The number of thiazole rings is 1. The summed E-state index contributed by atoms with van der Waals surface area (Å²) in [6.07, 6.45) is 4.02. The van der Waals surface area contributed by atoms with Gasteiger partial charge in [0.05, 0.1) is 22.4 Å². The van der Waals surface area contributed by atoms with Gasteiger partial charge < -0.3 is 14.5 Å². The van der Waals surface area contributed by atoms with Gasteiger partial charge in [0.15, 0.2) is 17.3 Å². The molecule has 0 saturated heterocycles. The van der Waals surface area contributed by atoms with E-state index < -0.39 is 0 Å². The van der Waals surface area contributed by atoms with Crippen molar-refractivity contribution in [1.29, 1.82) is 0 Å². The molecule has 0 bridgehead atoms. The van der Waals surface area contributed by atoms with E-state index in [2.05, 4.69) is 4.98 Å². The van der Waals surface area contributed by atoms with Crippen molar-refractivity contribution in [1.82, 2.24) is 4.98 Å². The maximum Gasteiger partial charge on any atom is 0.266 e. The van der Waals surface area contributed by atoms with E-state index in [9.17, 15) is 9.59 Å². The molecule has 0 amide bonds. The number of Topliss-reactive ketones (excluding diaryl/α,β-unsaturated/α-hetero) is 1. The quantitative estimate of drug-likeness (QED) is 0.538. The smallest absolute Gasteiger partial charge is 0.266 e. The van der Waals surface area contributed by atoms with Gasteiger partial charge in [0.25, 0.3) is 5.56 Å². The van der Waals surface area contributed by atoms with Crippen LogP contribution in [0.3, 0.4) is 0 Å². The van der Waals surface area contributed by atoms with Crippen molar-refractivity contribution in [3.8, 4) is 11.5 Å². The van der Waals surface area contributed by atoms with Gasteiger partial charge >= 0.3 is 0 Å². The molecule has 0 atom stereocenters. The molecule has 30 heavy (non-hydrogen) atoms. The Morgan fingerprint density at radius 1 is 1.13 bits per heavy atom. The summed E-state index contributed by atoms with van der Waals surface area (Å²) in [6.45, 7) is 4.98. The van der Waals surface area contributed by atoms with E-state index >= 15 is 0 Å². The molecule has 2 aromatic carbocycles. The second-order valence-corrected chi connectivity index (χ2v) is 7.92. The maximum atomic E-state index is 12.4. The van der Waals surface area contributed by atoms with Gasteiger partial charge in [-0.15, -0.1) is 11.3 Å². The number of benzene rings is 2. The molecule has 3 aromatic rings. The number of H-pyrrole nitrogens is 1. The number of ketones is 1. The largest absolute Gasteiger partial charge is 0.490 e. The number of nitrogens with one attached hydrogen (secondary N) is 1. The van der Waals surface area contributed by atoms with Crippen molar-refractivity contribution in [2.75, 3.05) is 13.2 Å². The van der Waals surface area contributed by atoms with Crippen molar-refractivity contribution in [3.05, 3.63) is 78.2 Å². The summed E-state index contributed by atoms with van der Waals surface area (Å²) in [5.41, 5.74) is 0.981. The van der Waals surface area contributed by atoms with Crippen LogP contribution in [-0.4, -0.2) is 24.0 Å². The number of aromatic amines is 1. The predicted octanol–water partition coefficient (Wildman–Crippen LogP) is 3.77. The lowest BCUT2D eigenvalue weighted by Crippen LogP contribution is -2.20. The SMILES string of the molecule is CCCOc1c(/C=c2\s/c(=C\C(=O)c3ccc(Cl)cc3)[nH]c2=O)cccc1OCC. The summed E-state index contributed by atoms with van der Waals surface area (Å²) in [4.78, 5) is 27.6. The second-order valence-electron chi connectivity index (χ2n) is 6.40. The molecule has 5 nitrogen and oxygen atoms in total. The molecule has 1 aromatic heterocycles. The molecule has 1 heterocycles. The van der Waals surface area contributed by atoms with Crippen molar-refractivity contribution < 1.29 is 14.3 Å². The van der Waals surface area contributed by atoms with E-state index in [-0.39, 0.29) is 11.3 Å². The average molecular weight is 444 g/mol. The first-order valence-corrected chi connectivity index (χ1v) is 10.8. The third-order valence-electron chi connectivity index (χ3n) is 4.12. The van der Waals surface area contributed by atoms with Gasteiger partial charge in [0.2, 0.25) is 0 Å². The van der Waals surface area contributed by atoms with Crippen LogP contribution in [0, 0.1) is 0 Å². The van der Waals surface area contributed by atoms with Crippen molar-refractivity contribution in [2.45, 2.75) is 20.3 Å². The second kappa shape index (κ2) is 10.3. The zero-order chi connectivity index (χ0) is 21.5. The molecule has 0 aliphatic heterocycles. The van der Waals surface area contributed by atoms with Crippen LogP contribution in [0.15, 0.2) is 47.3 Å². The standard InChI is InChI=1S/C23H22ClNO4S/c1-3-12-29-22-16(6-5-7-19(22)28-4-2)13-20-23(27)25-21(30-20)14-18(26)15-8-10-17(24)11-9-15/h5-11,13-14H,3-4,12H2,1-2H3,(H,25,27)/b20-13-,21-14-. The van der Waals surface area contributed by atoms with Crippen LogP contribution in [0.4, 0.5) is 0 Å². The molecule has 1 N–H and O–H groups in total. The van der Waals surface area contributed by atoms with Gasteiger partial charge in [0, 0.05) is 22.2 Å². The lowest BCUT2D eigenvalue weighted by molar-refractivity contribution is 0.106. The molecular weight excluding hydrogens is 422 g/mol. The molecule has 0 radical (unpaired) electrons. The topological polar surface area (TPSA) is 68.4 Å². The Hall–Kier alpha value is -2.83. The minimum Gasteiger partial charge on any atom is -0.490 e. The number of carbonyl (C=O) groups excluding carboxylic acids is 1. The molecule has 7 heteroatoms. The Bertz CT molecular complexity index is 1200. The highest BCUT2D eigenvalue weighted by Crippen LogP contribution is 2.32. The first-order chi connectivity index (χ1) is 14.5. The van der Waals surface area contributed by atoms with Crippen LogP contribution in [0.1, 0.15) is 36.2 Å². The van der Waals surface area contributed by atoms with Crippen molar-refractivity contribution >= 4 is 40.9 Å². The Morgan fingerprint density at radius 3 is 2.60 bits per heavy atom. The Morgan fingerprint density at radius 2 is 1.90 bits per heavy atom. The summed E-state index contributed by atoms with van der Waals surface area (Å²) < 4.78 is 12.5. The van der Waals surface area contributed by atoms with Crippen LogP contribution < -0.4 is 24.2 Å². The number of aromatic nitrogens is 1. The number of hydrogen-bond acceptors (Lipinski definition) is 5. The van der Waals surface area contributed by atoms with E-state index in [0.29, 0.717) is 44.5 Å². The van der Waals surface area contributed by atoms with E-state index in [0.717, 1.165) is 12.0 Å². The monoisotopic (exact) mass is 443 g/mol. The summed E-state index contributed by atoms with van der Waals surface area (Å²) in [5, 5.41) is 0.559. The molecule has 0 unspecified atom stereocenters. The number of hydrogen-bond donors (Lipinski definition) is 1. The fourth-order valence-electron chi connectivity index (χ4n) is 2.76. The lowest BCUT2D eigenvalue weighted by Gasteiger charge is -2.13. The summed E-state index contributed by atoms with van der Waals surface area (Å²) in [5.74, 6) is 1.04.